The predicted octanol–water partition coefficient (Wildman–Crippen LogP) is 3.23. The Balaban J connectivity index is 2.03. The summed E-state index contributed by atoms with van der Waals surface area (Å²) in [6, 6.07) is 11.1. The van der Waals surface area contributed by atoms with Gasteiger partial charge in [-0.15, -0.1) is 11.6 Å². The van der Waals surface area contributed by atoms with Crippen LogP contribution in [0.25, 0.3) is 0 Å². The van der Waals surface area contributed by atoms with Crippen molar-refractivity contribution >= 4 is 11.6 Å². The van der Waals surface area contributed by atoms with E-state index >= 15 is 0 Å². The maximum absolute atomic E-state index is 5.70. The first kappa shape index (κ1) is 12.5. The SMILES string of the molecule is CC(CCl)NCCCCc1ccccc1. The third-order valence-electron chi connectivity index (χ3n) is 2.46. The second-order valence-corrected chi connectivity index (χ2v) is 4.26. The molecule has 0 aliphatic heterocycles. The number of rotatable bonds is 7. The summed E-state index contributed by atoms with van der Waals surface area (Å²) < 4.78 is 0. The van der Waals surface area contributed by atoms with Crippen LogP contribution in [0.4, 0.5) is 0 Å². The van der Waals surface area contributed by atoms with Gasteiger partial charge in [-0.25, -0.2) is 0 Å². The topological polar surface area (TPSA) is 12.0 Å². The maximum atomic E-state index is 5.70. The van der Waals surface area contributed by atoms with E-state index in [1.807, 2.05) is 0 Å². The molecule has 1 atom stereocenters. The van der Waals surface area contributed by atoms with Crippen molar-refractivity contribution in [1.82, 2.24) is 5.32 Å². The van der Waals surface area contributed by atoms with Gasteiger partial charge in [0.15, 0.2) is 0 Å². The number of alkyl halides is 1. The number of nitrogens with one attached hydrogen (secondary N) is 1. The fraction of sp³-hybridized carbons (Fsp3) is 0.538. The summed E-state index contributed by atoms with van der Waals surface area (Å²) in [5.74, 6) is 0.693. The molecule has 0 spiro atoms. The first-order chi connectivity index (χ1) is 7.33. The van der Waals surface area contributed by atoms with E-state index in [-0.39, 0.29) is 0 Å². The molecule has 84 valence electrons. The third-order valence-corrected chi connectivity index (χ3v) is 2.92. The number of hydrogen-bond acceptors (Lipinski definition) is 1. The molecule has 0 saturated carbocycles. The summed E-state index contributed by atoms with van der Waals surface area (Å²) in [6.45, 7) is 3.19. The van der Waals surface area contributed by atoms with Gasteiger partial charge in [-0.2, -0.15) is 0 Å². The Labute approximate surface area is 97.8 Å². The molecule has 1 rings (SSSR count). The number of unbranched alkanes of at least 4 members (excludes halogenated alkanes) is 1. The van der Waals surface area contributed by atoms with E-state index < -0.39 is 0 Å². The molecular formula is C13H20ClN. The molecule has 1 aromatic rings. The summed E-state index contributed by atoms with van der Waals surface area (Å²) in [7, 11) is 0. The van der Waals surface area contributed by atoms with E-state index in [0.717, 1.165) is 6.54 Å². The van der Waals surface area contributed by atoms with Crippen molar-refractivity contribution in [3.05, 3.63) is 35.9 Å². The molecule has 15 heavy (non-hydrogen) atoms. The van der Waals surface area contributed by atoms with Crippen LogP contribution in [0.15, 0.2) is 30.3 Å². The lowest BCUT2D eigenvalue weighted by Gasteiger charge is -2.09. The van der Waals surface area contributed by atoms with E-state index in [2.05, 4.69) is 42.6 Å². The van der Waals surface area contributed by atoms with Crippen LogP contribution in [-0.2, 0) is 6.42 Å². The standard InChI is InChI=1S/C13H20ClN/c1-12(11-14)15-10-6-5-9-13-7-3-2-4-8-13/h2-4,7-8,12,15H,5-6,9-11H2,1H3. The van der Waals surface area contributed by atoms with Crippen molar-refractivity contribution in [2.24, 2.45) is 0 Å². The van der Waals surface area contributed by atoms with Crippen LogP contribution in [0.2, 0.25) is 0 Å². The van der Waals surface area contributed by atoms with Crippen molar-refractivity contribution in [2.45, 2.75) is 32.2 Å². The van der Waals surface area contributed by atoms with Crippen molar-refractivity contribution in [1.29, 1.82) is 0 Å². The van der Waals surface area contributed by atoms with Gasteiger partial charge < -0.3 is 5.32 Å². The van der Waals surface area contributed by atoms with Crippen molar-refractivity contribution < 1.29 is 0 Å². The van der Waals surface area contributed by atoms with Crippen LogP contribution >= 0.6 is 11.6 Å². The Kier molecular flexibility index (Phi) is 6.45. The summed E-state index contributed by atoms with van der Waals surface area (Å²) in [5.41, 5.74) is 1.43. The minimum atomic E-state index is 0.434. The van der Waals surface area contributed by atoms with Gasteiger partial charge in [0.1, 0.15) is 0 Å². The van der Waals surface area contributed by atoms with Gasteiger partial charge in [0, 0.05) is 11.9 Å². The Morgan fingerprint density at radius 3 is 2.60 bits per heavy atom. The molecule has 0 bridgehead atoms. The molecule has 0 heterocycles. The monoisotopic (exact) mass is 225 g/mol. The molecule has 1 aromatic carbocycles. The zero-order valence-corrected chi connectivity index (χ0v) is 10.1. The van der Waals surface area contributed by atoms with E-state index in [1.54, 1.807) is 0 Å². The fourth-order valence-corrected chi connectivity index (χ4v) is 1.61. The first-order valence-electron chi connectivity index (χ1n) is 5.66. The van der Waals surface area contributed by atoms with Gasteiger partial charge in [0.05, 0.1) is 0 Å². The first-order valence-corrected chi connectivity index (χ1v) is 6.19. The largest absolute Gasteiger partial charge is 0.313 e. The summed E-state index contributed by atoms with van der Waals surface area (Å²) in [6.07, 6.45) is 3.64. The molecule has 0 saturated heterocycles. The van der Waals surface area contributed by atoms with Crippen LogP contribution in [0.5, 0.6) is 0 Å². The van der Waals surface area contributed by atoms with Gasteiger partial charge in [-0.3, -0.25) is 0 Å². The second-order valence-electron chi connectivity index (χ2n) is 3.95. The van der Waals surface area contributed by atoms with Crippen LogP contribution in [0.3, 0.4) is 0 Å². The molecular weight excluding hydrogens is 206 g/mol. The summed E-state index contributed by atoms with van der Waals surface area (Å²) in [5, 5.41) is 3.39. The van der Waals surface area contributed by atoms with Gasteiger partial charge in [0.25, 0.3) is 0 Å². The van der Waals surface area contributed by atoms with Crippen molar-refractivity contribution in [2.75, 3.05) is 12.4 Å². The Hall–Kier alpha value is -0.530. The third kappa shape index (κ3) is 5.81. The quantitative estimate of drug-likeness (QED) is 0.555. The second kappa shape index (κ2) is 7.72. The molecule has 1 N–H and O–H groups in total. The van der Waals surface area contributed by atoms with E-state index in [9.17, 15) is 0 Å². The Morgan fingerprint density at radius 1 is 1.20 bits per heavy atom. The molecule has 0 aliphatic carbocycles. The number of hydrogen-bond donors (Lipinski definition) is 1. The Morgan fingerprint density at radius 2 is 1.93 bits per heavy atom. The fourth-order valence-electron chi connectivity index (χ4n) is 1.50. The van der Waals surface area contributed by atoms with Crippen LogP contribution < -0.4 is 5.32 Å². The summed E-state index contributed by atoms with van der Waals surface area (Å²) >= 11 is 5.70. The van der Waals surface area contributed by atoms with Crippen LogP contribution in [0.1, 0.15) is 25.3 Å². The van der Waals surface area contributed by atoms with Crippen molar-refractivity contribution in [3.8, 4) is 0 Å². The molecule has 1 unspecified atom stereocenters. The normalized spacial score (nSPS) is 12.7. The molecule has 2 heteroatoms. The van der Waals surface area contributed by atoms with Gasteiger partial charge in [-0.1, -0.05) is 30.3 Å². The highest BCUT2D eigenvalue weighted by atomic mass is 35.5. The zero-order valence-electron chi connectivity index (χ0n) is 9.38. The average Bonchev–Trinajstić information content (AvgIpc) is 2.29. The molecule has 0 radical (unpaired) electrons. The molecule has 0 fully saturated rings. The van der Waals surface area contributed by atoms with Crippen LogP contribution in [-0.4, -0.2) is 18.5 Å². The van der Waals surface area contributed by atoms with Gasteiger partial charge in [0.2, 0.25) is 0 Å². The lowest BCUT2D eigenvalue weighted by molar-refractivity contribution is 0.561. The minimum absolute atomic E-state index is 0.434. The zero-order chi connectivity index (χ0) is 10.9. The van der Waals surface area contributed by atoms with E-state index in [0.29, 0.717) is 11.9 Å². The number of aryl methyl sites for hydroxylation is 1. The minimum Gasteiger partial charge on any atom is -0.313 e. The van der Waals surface area contributed by atoms with E-state index in [4.69, 9.17) is 11.6 Å². The maximum Gasteiger partial charge on any atom is 0.0374 e. The molecule has 0 amide bonds. The average molecular weight is 226 g/mol. The lowest BCUT2D eigenvalue weighted by Crippen LogP contribution is -2.28. The molecule has 0 aromatic heterocycles. The van der Waals surface area contributed by atoms with Gasteiger partial charge in [-0.05, 0) is 38.3 Å². The van der Waals surface area contributed by atoms with Crippen LogP contribution in [0, 0.1) is 0 Å². The highest BCUT2D eigenvalue weighted by Gasteiger charge is 1.97. The smallest absolute Gasteiger partial charge is 0.0374 e. The molecule has 1 nitrogen and oxygen atoms in total. The van der Waals surface area contributed by atoms with Crippen molar-refractivity contribution in [3.63, 3.8) is 0 Å². The highest BCUT2D eigenvalue weighted by molar-refractivity contribution is 6.18. The Bertz CT molecular complexity index is 248. The molecule has 0 aliphatic rings. The summed E-state index contributed by atoms with van der Waals surface area (Å²) in [4.78, 5) is 0. The van der Waals surface area contributed by atoms with Gasteiger partial charge >= 0.3 is 0 Å². The number of benzene rings is 1. The lowest BCUT2D eigenvalue weighted by atomic mass is 10.1. The van der Waals surface area contributed by atoms with E-state index in [1.165, 1.54) is 24.8 Å². The highest BCUT2D eigenvalue weighted by Crippen LogP contribution is 2.03. The number of halogens is 1. The predicted molar refractivity (Wildman–Crippen MR) is 67.6 cm³/mol.